The zero-order valence-electron chi connectivity index (χ0n) is 47.6. The van der Waals surface area contributed by atoms with E-state index in [9.17, 15) is 20.2 Å². The minimum Gasteiger partial charge on any atom is -0.341 e. The first kappa shape index (κ1) is 54.0. The molecule has 0 radical (unpaired) electrons. The van der Waals surface area contributed by atoms with Crippen LogP contribution in [0.2, 0.25) is 0 Å². The number of anilines is 2. The number of nitro benzene ring substituents is 2. The van der Waals surface area contributed by atoms with Crippen LogP contribution in [0.3, 0.4) is 0 Å². The number of halogens is 2. The van der Waals surface area contributed by atoms with Gasteiger partial charge in [0.2, 0.25) is 11.4 Å². The van der Waals surface area contributed by atoms with Gasteiger partial charge < -0.3 is 9.80 Å². The quantitative estimate of drug-likeness (QED) is 0.0769. The van der Waals surface area contributed by atoms with Gasteiger partial charge in [-0.3, -0.25) is 20.2 Å². The summed E-state index contributed by atoms with van der Waals surface area (Å²) in [5.41, 5.74) is 14.6. The fourth-order valence-corrected chi connectivity index (χ4v) is 16.8. The number of benzene rings is 7. The Labute approximate surface area is 497 Å². The third-order valence-electron chi connectivity index (χ3n) is 19.6. The maximum Gasteiger partial charge on any atom is 0.294 e. The molecule has 6 aliphatic rings. The third-order valence-corrected chi connectivity index (χ3v) is 20.5. The Kier molecular flexibility index (Phi) is 13.3. The van der Waals surface area contributed by atoms with Crippen molar-refractivity contribution in [2.75, 3.05) is 23.9 Å². The van der Waals surface area contributed by atoms with Gasteiger partial charge in [0.15, 0.2) is 24.5 Å². The molecule has 12 heteroatoms. The SMILES string of the molecule is CN1C(=CC=CC2=[N+](Cc3ccc(C[N+]4=C(C=CC=C5N(C)c6c([N+](=O)[O-])cc(Br)cc6C56CCCCC6)C(C)(C)c5c4ccc4ccccc54)cc3)c3ccc4ccccc4c3C2(C)C)C2(CCCCC2)c2cc(Br)cc([N+](=O)[O-])c21. The second-order valence-electron chi connectivity index (χ2n) is 24.8. The molecule has 0 saturated heterocycles. The Morgan fingerprint density at radius 1 is 0.524 bits per heavy atom. The van der Waals surface area contributed by atoms with Gasteiger partial charge in [0, 0.05) is 104 Å². The number of rotatable bonds is 10. The van der Waals surface area contributed by atoms with Crippen LogP contribution in [0.25, 0.3) is 21.5 Å². The van der Waals surface area contributed by atoms with Crippen molar-refractivity contribution < 1.29 is 19.0 Å². The van der Waals surface area contributed by atoms with Gasteiger partial charge in [0.25, 0.3) is 11.4 Å². The molecule has 0 aromatic heterocycles. The molecule has 4 aliphatic heterocycles. The van der Waals surface area contributed by atoms with E-state index in [2.05, 4.69) is 224 Å². The first-order valence-electron chi connectivity index (χ1n) is 29.1. The molecule has 414 valence electrons. The minimum atomic E-state index is -0.346. The van der Waals surface area contributed by atoms with E-state index in [0.29, 0.717) is 24.5 Å². The van der Waals surface area contributed by atoms with Crippen LogP contribution in [0.1, 0.15) is 125 Å². The number of hydrogen-bond donors (Lipinski definition) is 0. The molecule has 2 saturated carbocycles. The lowest BCUT2D eigenvalue weighted by Gasteiger charge is -2.36. The summed E-state index contributed by atoms with van der Waals surface area (Å²) in [7, 11) is 4.01. The Bertz CT molecular complexity index is 3810. The topological polar surface area (TPSA) is 98.8 Å². The largest absolute Gasteiger partial charge is 0.341 e. The molecule has 2 fully saturated rings. The highest BCUT2D eigenvalue weighted by molar-refractivity contribution is 9.10. The molecule has 0 unspecified atom stereocenters. The van der Waals surface area contributed by atoms with Crippen LogP contribution in [-0.4, -0.2) is 44.5 Å². The highest BCUT2D eigenvalue weighted by Gasteiger charge is 2.52. The van der Waals surface area contributed by atoms with Crippen LogP contribution in [0.4, 0.5) is 34.1 Å². The standard InChI is InChI=1S/C70H68Br2N6O4/c1-67(2)59(23-17-25-61-69(35-13-7-14-36-69)53-39-49(71)41-57(77(79)80)65(53)73(61)5)75(55-33-31-47-19-9-11-21-51(47)63(55)67)43-45-27-29-46(30-28-45)44-76-56-34-32-48-20-10-12-22-52(48)64(56)68(3,4)60(76)24-18-26-62-70(37-15-8-16-38-70)54-40-50(72)42-58(78(81)82)66(54)74(62)6/h9-12,17-34,39-42H,7-8,13-16,35-38,43-44H2,1-6H3/q+2. The molecule has 0 atom stereocenters. The van der Waals surface area contributed by atoms with Crippen molar-refractivity contribution in [3.63, 3.8) is 0 Å². The lowest BCUT2D eigenvalue weighted by atomic mass is 9.68. The van der Waals surface area contributed by atoms with Crippen molar-refractivity contribution in [2.45, 2.75) is 127 Å². The fraction of sp³-hybridized carbons (Fsp3) is 0.314. The molecule has 4 heterocycles. The highest BCUT2D eigenvalue weighted by Crippen LogP contribution is 2.60. The summed E-state index contributed by atoms with van der Waals surface area (Å²) < 4.78 is 6.49. The van der Waals surface area contributed by atoms with E-state index in [4.69, 9.17) is 0 Å². The number of allylic oxidation sites excluding steroid dienone is 8. The van der Waals surface area contributed by atoms with Gasteiger partial charge in [-0.2, -0.15) is 9.15 Å². The molecule has 0 N–H and O–H groups in total. The monoisotopic (exact) mass is 1210 g/mol. The van der Waals surface area contributed by atoms with Crippen LogP contribution in [0.15, 0.2) is 178 Å². The summed E-state index contributed by atoms with van der Waals surface area (Å²) in [6, 6.07) is 43.2. The van der Waals surface area contributed by atoms with Crippen LogP contribution in [0, 0.1) is 20.2 Å². The second-order valence-corrected chi connectivity index (χ2v) is 26.6. The van der Waals surface area contributed by atoms with Crippen LogP contribution < -0.4 is 9.80 Å². The van der Waals surface area contributed by atoms with Gasteiger partial charge in [0.1, 0.15) is 11.4 Å². The van der Waals surface area contributed by atoms with E-state index in [1.807, 2.05) is 14.1 Å². The molecule has 7 aromatic carbocycles. The molecule has 2 spiro atoms. The van der Waals surface area contributed by atoms with E-state index < -0.39 is 0 Å². The van der Waals surface area contributed by atoms with Gasteiger partial charge in [-0.25, -0.2) is 0 Å². The van der Waals surface area contributed by atoms with Crippen molar-refractivity contribution in [1.29, 1.82) is 0 Å². The average molecular weight is 1220 g/mol. The number of fused-ring (bicyclic) bond motifs is 10. The van der Waals surface area contributed by atoms with Crippen LogP contribution in [0.5, 0.6) is 0 Å². The molecular weight excluding hydrogens is 1150 g/mol. The first-order chi connectivity index (χ1) is 39.4. The Morgan fingerprint density at radius 3 is 1.28 bits per heavy atom. The lowest BCUT2D eigenvalue weighted by molar-refractivity contribution is -0.455. The van der Waals surface area contributed by atoms with E-state index in [1.165, 1.54) is 66.6 Å². The lowest BCUT2D eigenvalue weighted by Crippen LogP contribution is -2.32. The summed E-state index contributed by atoms with van der Waals surface area (Å²) in [6.07, 6.45) is 23.9. The summed E-state index contributed by atoms with van der Waals surface area (Å²) >= 11 is 7.28. The maximum atomic E-state index is 12.6. The summed E-state index contributed by atoms with van der Waals surface area (Å²) in [5.74, 6) is 0. The summed E-state index contributed by atoms with van der Waals surface area (Å²) in [4.78, 5) is 28.9. The van der Waals surface area contributed by atoms with E-state index in [1.54, 1.807) is 12.1 Å². The van der Waals surface area contributed by atoms with Crippen molar-refractivity contribution in [1.82, 2.24) is 0 Å². The number of likely N-dealkylation sites (N-methyl/N-ethyl adjacent to an activating group) is 2. The zero-order valence-corrected chi connectivity index (χ0v) is 50.7. The number of hydrogen-bond acceptors (Lipinski definition) is 6. The van der Waals surface area contributed by atoms with Gasteiger partial charge in [-0.1, -0.05) is 155 Å². The van der Waals surface area contributed by atoms with Crippen molar-refractivity contribution >= 4 is 99.0 Å². The summed E-state index contributed by atoms with van der Waals surface area (Å²) in [6.45, 7) is 10.7. The Morgan fingerprint density at radius 2 is 0.902 bits per heavy atom. The fourth-order valence-electron chi connectivity index (χ4n) is 15.9. The first-order valence-corrected chi connectivity index (χ1v) is 30.7. The third kappa shape index (κ3) is 8.42. The summed E-state index contributed by atoms with van der Waals surface area (Å²) in [5, 5.41) is 30.1. The highest BCUT2D eigenvalue weighted by atomic mass is 79.9. The van der Waals surface area contributed by atoms with Crippen LogP contribution >= 0.6 is 31.9 Å². The molecule has 0 amide bonds. The van der Waals surface area contributed by atoms with E-state index >= 15 is 0 Å². The molecular formula is C70H68Br2N6O4+2. The number of nitro groups is 2. The van der Waals surface area contributed by atoms with Crippen molar-refractivity contribution in [3.8, 4) is 0 Å². The predicted molar refractivity (Wildman–Crippen MR) is 340 cm³/mol. The molecule has 0 bridgehead atoms. The normalized spacial score (nSPS) is 20.2. The zero-order chi connectivity index (χ0) is 57.0. The molecule has 10 nitrogen and oxygen atoms in total. The van der Waals surface area contributed by atoms with Crippen molar-refractivity contribution in [2.24, 2.45) is 0 Å². The van der Waals surface area contributed by atoms with Gasteiger partial charge >= 0.3 is 0 Å². The maximum absolute atomic E-state index is 12.6. The molecule has 7 aromatic rings. The molecule has 13 rings (SSSR count). The molecule has 82 heavy (non-hydrogen) atoms. The predicted octanol–water partition coefficient (Wildman–Crippen LogP) is 18.1. The van der Waals surface area contributed by atoms with Gasteiger partial charge in [-0.05, 0) is 122 Å². The second kappa shape index (κ2) is 20.3. The Hall–Kier alpha value is -7.28. The minimum absolute atomic E-state index is 0.139. The van der Waals surface area contributed by atoms with Crippen molar-refractivity contribution in [3.05, 3.63) is 232 Å². The number of nitrogens with zero attached hydrogens (tertiary/aromatic N) is 6. The Balaban J connectivity index is 0.872. The smallest absolute Gasteiger partial charge is 0.294 e. The van der Waals surface area contributed by atoms with Gasteiger partial charge in [-0.15, -0.1) is 0 Å². The molecule has 2 aliphatic carbocycles. The van der Waals surface area contributed by atoms with Gasteiger partial charge in [0.05, 0.1) is 20.7 Å². The van der Waals surface area contributed by atoms with E-state index in [0.717, 1.165) is 95.7 Å². The van der Waals surface area contributed by atoms with E-state index in [-0.39, 0.29) is 42.9 Å². The van der Waals surface area contributed by atoms with Crippen LogP contribution in [-0.2, 0) is 34.7 Å². The average Bonchev–Trinajstić information content (AvgIpc) is 2.39.